The molecule has 2 atom stereocenters. The van der Waals surface area contributed by atoms with Gasteiger partial charge in [0.25, 0.3) is 0 Å². The first-order chi connectivity index (χ1) is 4.55. The molecular weight excluding hydrogens is 178 g/mol. The van der Waals surface area contributed by atoms with E-state index in [0.29, 0.717) is 0 Å². The summed E-state index contributed by atoms with van der Waals surface area (Å²) in [6.45, 7) is 0. The number of carbonyl (C=O) groups is 2. The van der Waals surface area contributed by atoms with Crippen LogP contribution in [0.2, 0.25) is 0 Å². The Morgan fingerprint density at radius 3 is 1.60 bits per heavy atom. The molecule has 10 heavy (non-hydrogen) atoms. The van der Waals surface area contributed by atoms with Crippen LogP contribution >= 0.6 is 18.5 Å². The lowest BCUT2D eigenvalue weighted by Gasteiger charge is -1.95. The van der Waals surface area contributed by atoms with Gasteiger partial charge in [0, 0.05) is 0 Å². The van der Waals surface area contributed by atoms with Crippen LogP contribution in [0.4, 0.5) is 0 Å². The highest BCUT2D eigenvalue weighted by Crippen LogP contribution is 2.50. The number of hydrogen-bond donors (Lipinski definition) is 2. The predicted octanol–water partition coefficient (Wildman–Crippen LogP) is -0.857. The van der Waals surface area contributed by atoms with E-state index in [1.54, 1.807) is 0 Å². The molecule has 1 heterocycles. The van der Waals surface area contributed by atoms with Gasteiger partial charge in [0.05, 0.1) is 0 Å². The highest BCUT2D eigenvalue weighted by atomic mass is 35.7. The Hall–Kier alpha value is -0.0200. The molecule has 0 aromatic rings. The Labute approximate surface area is 62.3 Å². The van der Waals surface area contributed by atoms with E-state index in [2.05, 4.69) is 0 Å². The molecule has 1 rings (SSSR count). The van der Waals surface area contributed by atoms with Gasteiger partial charge in [-0.25, -0.2) is 9.59 Å². The molecule has 0 saturated carbocycles. The van der Waals surface area contributed by atoms with Crippen molar-refractivity contribution in [3.63, 3.8) is 0 Å². The fourth-order valence-electron chi connectivity index (χ4n) is 0.668. The molecule has 0 aromatic heterocycles. The van der Waals surface area contributed by atoms with E-state index < -0.39 is 30.5 Å². The Morgan fingerprint density at radius 2 is 1.50 bits per heavy atom. The maximum Gasteiger partial charge on any atom is 0.322 e. The average Bonchev–Trinajstić information content (AvgIpc) is 2.07. The Bertz CT molecular complexity index is 174. The molecule has 0 amide bonds. The van der Waals surface area contributed by atoms with Crippen LogP contribution in [0.25, 0.3) is 0 Å². The molecule has 0 spiro atoms. The number of carbonyl (C=O) groups excluding carboxylic acids is 2. The molecule has 1 aliphatic heterocycles. The van der Waals surface area contributed by atoms with E-state index in [4.69, 9.17) is 21.5 Å². The molecule has 56 valence electrons. The Morgan fingerprint density at radius 1 is 1.20 bits per heavy atom. The third kappa shape index (κ3) is 0.974. The van der Waals surface area contributed by atoms with Crippen LogP contribution in [0.5, 0.6) is 0 Å². The van der Waals surface area contributed by atoms with Gasteiger partial charge in [0.15, 0.2) is 12.2 Å². The second-order valence-corrected chi connectivity index (χ2v) is 4.68. The van der Waals surface area contributed by atoms with Crippen molar-refractivity contribution in [1.29, 1.82) is 0 Å². The Balaban J connectivity index is 2.89. The number of rotatable bonds is 0. The highest BCUT2D eigenvalue weighted by molar-refractivity contribution is 8.09. The molecule has 0 aliphatic carbocycles. The summed E-state index contributed by atoms with van der Waals surface area (Å²) in [5.74, 6) is 0. The standard InChI is InChI=1S/C4H4ClO4P/c5-10-3(8)1(6)2(7)4(10)9/h1-2,6-7H/p+1. The first kappa shape index (κ1) is 8.08. The number of aliphatic hydroxyl groups excluding tert-OH is 2. The normalized spacial score (nSPS) is 40.9. The zero-order valence-corrected chi connectivity index (χ0v) is 6.50. The first-order valence-electron chi connectivity index (χ1n) is 2.52. The summed E-state index contributed by atoms with van der Waals surface area (Å²) >= 11 is 5.29. The summed E-state index contributed by atoms with van der Waals surface area (Å²) in [7, 11) is -2.32. The summed E-state index contributed by atoms with van der Waals surface area (Å²) in [6, 6.07) is 0. The predicted molar refractivity (Wildman–Crippen MR) is 36.2 cm³/mol. The monoisotopic (exact) mass is 183 g/mol. The molecule has 1 fully saturated rings. The second kappa shape index (κ2) is 2.55. The summed E-state index contributed by atoms with van der Waals surface area (Å²) < 4.78 is 0. The van der Waals surface area contributed by atoms with Crippen LogP contribution in [-0.2, 0) is 9.59 Å². The molecule has 2 N–H and O–H groups in total. The fourth-order valence-corrected chi connectivity index (χ4v) is 2.42. The van der Waals surface area contributed by atoms with Crippen LogP contribution in [0.15, 0.2) is 0 Å². The molecule has 2 unspecified atom stereocenters. The van der Waals surface area contributed by atoms with E-state index in [1.807, 2.05) is 0 Å². The maximum absolute atomic E-state index is 10.6. The van der Waals surface area contributed by atoms with E-state index in [0.717, 1.165) is 0 Å². The fraction of sp³-hybridized carbons (Fsp3) is 0.500. The topological polar surface area (TPSA) is 74.6 Å². The molecule has 1 aliphatic rings. The van der Waals surface area contributed by atoms with Crippen molar-refractivity contribution in [2.75, 3.05) is 0 Å². The van der Waals surface area contributed by atoms with E-state index >= 15 is 0 Å². The summed E-state index contributed by atoms with van der Waals surface area (Å²) in [5, 5.41) is 17.5. The van der Waals surface area contributed by atoms with Gasteiger partial charge in [-0.2, -0.15) is 0 Å². The van der Waals surface area contributed by atoms with E-state index in [-0.39, 0.29) is 0 Å². The zero-order chi connectivity index (χ0) is 7.89. The number of aliphatic hydroxyl groups is 2. The summed E-state index contributed by atoms with van der Waals surface area (Å²) in [6.07, 6.45) is -3.17. The van der Waals surface area contributed by atoms with Gasteiger partial charge < -0.3 is 10.2 Å². The minimum Gasteiger partial charge on any atom is -0.378 e. The third-order valence-electron chi connectivity index (χ3n) is 1.27. The number of hydrogen-bond acceptors (Lipinski definition) is 4. The van der Waals surface area contributed by atoms with Gasteiger partial charge in [-0.3, -0.25) is 0 Å². The smallest absolute Gasteiger partial charge is 0.322 e. The maximum atomic E-state index is 10.6. The van der Waals surface area contributed by atoms with Gasteiger partial charge in [-0.15, -0.1) is 0 Å². The lowest BCUT2D eigenvalue weighted by Crippen LogP contribution is -2.27. The van der Waals surface area contributed by atoms with Crippen molar-refractivity contribution in [1.82, 2.24) is 0 Å². The first-order valence-corrected chi connectivity index (χ1v) is 5.04. The minimum absolute atomic E-state index is 0.718. The number of halogens is 1. The van der Waals surface area contributed by atoms with Gasteiger partial charge in [0.1, 0.15) is 11.2 Å². The van der Waals surface area contributed by atoms with Gasteiger partial charge in [0.2, 0.25) is 7.27 Å². The lowest BCUT2D eigenvalue weighted by atomic mass is 10.2. The molecule has 4 nitrogen and oxygen atoms in total. The molecular formula is C4H5ClO4P+. The lowest BCUT2D eigenvalue weighted by molar-refractivity contribution is -0.129. The van der Waals surface area contributed by atoms with Crippen molar-refractivity contribution < 1.29 is 19.8 Å². The molecule has 1 saturated heterocycles. The average molecular weight is 184 g/mol. The van der Waals surface area contributed by atoms with E-state index in [9.17, 15) is 9.59 Å². The Kier molecular flexibility index (Phi) is 2.06. The van der Waals surface area contributed by atoms with Gasteiger partial charge in [-0.05, 0) is 0 Å². The SMILES string of the molecule is O=C1C(O)C(O)C(=O)[PH+]1Cl. The largest absolute Gasteiger partial charge is 0.378 e. The van der Waals surface area contributed by atoms with Crippen LogP contribution in [0.1, 0.15) is 0 Å². The molecule has 0 radical (unpaired) electrons. The molecule has 0 bridgehead atoms. The minimum atomic E-state index is -2.32. The zero-order valence-electron chi connectivity index (χ0n) is 4.74. The second-order valence-electron chi connectivity index (χ2n) is 1.93. The van der Waals surface area contributed by atoms with Gasteiger partial charge >= 0.3 is 11.0 Å². The highest BCUT2D eigenvalue weighted by Gasteiger charge is 2.55. The third-order valence-corrected chi connectivity index (χ3v) is 3.84. The van der Waals surface area contributed by atoms with Crippen LogP contribution in [0.3, 0.4) is 0 Å². The van der Waals surface area contributed by atoms with Crippen LogP contribution in [0, 0.1) is 0 Å². The van der Waals surface area contributed by atoms with Crippen LogP contribution < -0.4 is 0 Å². The van der Waals surface area contributed by atoms with Gasteiger partial charge in [-0.1, -0.05) is 0 Å². The summed E-state index contributed by atoms with van der Waals surface area (Å²) in [4.78, 5) is 21.2. The van der Waals surface area contributed by atoms with Crippen molar-refractivity contribution >= 4 is 29.6 Å². The van der Waals surface area contributed by atoms with Crippen LogP contribution in [-0.4, -0.2) is 33.5 Å². The van der Waals surface area contributed by atoms with E-state index in [1.165, 1.54) is 0 Å². The summed E-state index contributed by atoms with van der Waals surface area (Å²) in [5.41, 5.74) is -1.44. The quantitative estimate of drug-likeness (QED) is 0.480. The van der Waals surface area contributed by atoms with Crippen molar-refractivity contribution in [3.8, 4) is 0 Å². The van der Waals surface area contributed by atoms with Crippen molar-refractivity contribution in [2.24, 2.45) is 0 Å². The van der Waals surface area contributed by atoms with Crippen molar-refractivity contribution in [2.45, 2.75) is 12.2 Å². The van der Waals surface area contributed by atoms with Crippen molar-refractivity contribution in [3.05, 3.63) is 0 Å². The molecule has 0 aromatic carbocycles. The molecule has 6 heteroatoms.